The molecule has 35 heavy (non-hydrogen) atoms. The number of amides is 1. The third-order valence-electron chi connectivity index (χ3n) is 7.63. The monoisotopic (exact) mass is 480 g/mol. The van der Waals surface area contributed by atoms with Crippen LogP contribution in [0.5, 0.6) is 5.75 Å². The van der Waals surface area contributed by atoms with E-state index < -0.39 is 0 Å². The van der Waals surface area contributed by atoms with Crippen LogP contribution in [0.3, 0.4) is 0 Å². The van der Waals surface area contributed by atoms with E-state index >= 15 is 0 Å². The number of piperidine rings is 1. The van der Waals surface area contributed by atoms with Gasteiger partial charge < -0.3 is 14.4 Å². The van der Waals surface area contributed by atoms with Crippen LogP contribution in [-0.4, -0.2) is 91.2 Å². The fourth-order valence-corrected chi connectivity index (χ4v) is 5.48. The molecule has 1 amide bonds. The number of nitrogens with zero attached hydrogens (tertiary/aromatic N) is 4. The van der Waals surface area contributed by atoms with Crippen LogP contribution >= 0.6 is 0 Å². The molecule has 0 saturated carbocycles. The average molecular weight is 481 g/mol. The first kappa shape index (κ1) is 25.6. The van der Waals surface area contributed by atoms with Gasteiger partial charge in [-0.25, -0.2) is 0 Å². The minimum absolute atomic E-state index is 0.0742. The van der Waals surface area contributed by atoms with Crippen LogP contribution in [0, 0.1) is 5.92 Å². The minimum Gasteiger partial charge on any atom is -0.497 e. The Bertz CT molecular complexity index is 927. The summed E-state index contributed by atoms with van der Waals surface area (Å²) in [5.74, 6) is 1.67. The van der Waals surface area contributed by atoms with Crippen LogP contribution in [0.1, 0.15) is 31.0 Å². The summed E-state index contributed by atoms with van der Waals surface area (Å²) >= 11 is 0. The number of rotatable bonds is 9. The topological polar surface area (TPSA) is 58.1 Å². The number of carbonyl (C=O) groups excluding carboxylic acids is 1. The van der Waals surface area contributed by atoms with Gasteiger partial charge in [-0.3, -0.25) is 19.6 Å². The van der Waals surface area contributed by atoms with Crippen molar-refractivity contribution in [3.63, 3.8) is 0 Å². The second-order valence-electron chi connectivity index (χ2n) is 9.85. The smallest absolute Gasteiger partial charge is 0.239 e. The molecule has 2 atom stereocenters. The second kappa shape index (κ2) is 12.5. The molecule has 0 radical (unpaired) electrons. The van der Waals surface area contributed by atoms with Gasteiger partial charge in [-0.1, -0.05) is 18.2 Å². The van der Waals surface area contributed by atoms with Crippen molar-refractivity contribution < 1.29 is 14.3 Å². The van der Waals surface area contributed by atoms with Gasteiger partial charge >= 0.3 is 0 Å². The number of aromatic nitrogens is 1. The van der Waals surface area contributed by atoms with Gasteiger partial charge in [0.2, 0.25) is 5.91 Å². The van der Waals surface area contributed by atoms with Crippen molar-refractivity contribution in [1.82, 2.24) is 19.7 Å². The molecule has 0 N–H and O–H groups in total. The summed E-state index contributed by atoms with van der Waals surface area (Å²) in [7, 11) is 3.92. The normalized spacial score (nSPS) is 19.5. The first-order chi connectivity index (χ1) is 17.0. The zero-order chi connectivity index (χ0) is 24.6. The molecule has 2 aliphatic heterocycles. The number of carbonyl (C=O) groups is 1. The second-order valence-corrected chi connectivity index (χ2v) is 9.85. The third kappa shape index (κ3) is 6.81. The standard InChI is InChI=1S/C28H40N4O3/c1-22(31-15-17-35-18-16-31)28(33)32-13-10-24(11-14-32)27(20-23-7-6-9-26(19-23)34-3)30(2)21-25-8-4-5-12-29-25/h4-9,12,19,22,24,27H,10-11,13-18,20-21H2,1-3H3/t22-,27+/m1/s1. The van der Waals surface area contributed by atoms with E-state index in [0.29, 0.717) is 25.2 Å². The predicted octanol–water partition coefficient (Wildman–Crippen LogP) is 3.09. The molecule has 4 rings (SSSR count). The summed E-state index contributed by atoms with van der Waals surface area (Å²) in [4.78, 5) is 24.6. The van der Waals surface area contributed by atoms with Crippen molar-refractivity contribution in [3.05, 3.63) is 59.9 Å². The van der Waals surface area contributed by atoms with Crippen molar-refractivity contribution in [2.75, 3.05) is 53.6 Å². The fraction of sp³-hybridized carbons (Fsp3) is 0.571. The molecule has 7 nitrogen and oxygen atoms in total. The lowest BCUT2D eigenvalue weighted by atomic mass is 9.84. The summed E-state index contributed by atoms with van der Waals surface area (Å²) in [5, 5.41) is 0. The quantitative estimate of drug-likeness (QED) is 0.550. The molecule has 1 aromatic heterocycles. The van der Waals surface area contributed by atoms with Crippen LogP contribution < -0.4 is 4.74 Å². The summed E-state index contributed by atoms with van der Waals surface area (Å²) in [6.07, 6.45) is 4.84. The van der Waals surface area contributed by atoms with Crippen molar-refractivity contribution in [2.45, 2.75) is 44.8 Å². The van der Waals surface area contributed by atoms with Crippen molar-refractivity contribution >= 4 is 5.91 Å². The molecule has 2 aliphatic rings. The van der Waals surface area contributed by atoms with E-state index in [2.05, 4.69) is 51.0 Å². The van der Waals surface area contributed by atoms with Crippen molar-refractivity contribution in [1.29, 1.82) is 0 Å². The van der Waals surface area contributed by atoms with E-state index in [-0.39, 0.29) is 11.9 Å². The van der Waals surface area contributed by atoms with Crippen molar-refractivity contribution in [3.8, 4) is 5.75 Å². The molecule has 0 unspecified atom stereocenters. The summed E-state index contributed by atoms with van der Waals surface area (Å²) < 4.78 is 10.9. The Morgan fingerprint density at radius 3 is 2.60 bits per heavy atom. The maximum Gasteiger partial charge on any atom is 0.239 e. The van der Waals surface area contributed by atoms with E-state index in [1.54, 1.807) is 7.11 Å². The molecule has 3 heterocycles. The van der Waals surface area contributed by atoms with Crippen molar-refractivity contribution in [2.24, 2.45) is 5.92 Å². The summed E-state index contributed by atoms with van der Waals surface area (Å²) in [6.45, 7) is 7.61. The lowest BCUT2D eigenvalue weighted by Gasteiger charge is -2.42. The molecule has 2 fully saturated rings. The highest BCUT2D eigenvalue weighted by molar-refractivity contribution is 5.81. The number of benzene rings is 1. The first-order valence-corrected chi connectivity index (χ1v) is 12.9. The molecule has 7 heteroatoms. The number of likely N-dealkylation sites (N-methyl/N-ethyl adjacent to an activating group) is 1. The van der Waals surface area contributed by atoms with Gasteiger partial charge in [0, 0.05) is 45.0 Å². The molecule has 0 spiro atoms. The summed E-state index contributed by atoms with van der Waals surface area (Å²) in [6, 6.07) is 14.8. The van der Waals surface area contributed by atoms with E-state index in [9.17, 15) is 4.79 Å². The van der Waals surface area contributed by atoms with Crippen LogP contribution in [0.15, 0.2) is 48.7 Å². The van der Waals surface area contributed by atoms with Gasteiger partial charge in [-0.2, -0.15) is 0 Å². The van der Waals surface area contributed by atoms with E-state index in [4.69, 9.17) is 9.47 Å². The largest absolute Gasteiger partial charge is 0.497 e. The number of pyridine rings is 1. The third-order valence-corrected chi connectivity index (χ3v) is 7.63. The SMILES string of the molecule is COc1cccc(C[C@@H](C2CCN(C(=O)[C@@H](C)N3CCOCC3)CC2)N(C)Cc2ccccn2)c1. The number of likely N-dealkylation sites (tertiary alicyclic amines) is 1. The lowest BCUT2D eigenvalue weighted by Crippen LogP contribution is -2.53. The number of hydrogen-bond acceptors (Lipinski definition) is 6. The predicted molar refractivity (Wildman–Crippen MR) is 137 cm³/mol. The zero-order valence-electron chi connectivity index (χ0n) is 21.4. The highest BCUT2D eigenvalue weighted by Crippen LogP contribution is 2.28. The lowest BCUT2D eigenvalue weighted by molar-refractivity contribution is -0.139. The van der Waals surface area contributed by atoms with Gasteiger partial charge in [0.15, 0.2) is 0 Å². The molecule has 190 valence electrons. The van der Waals surface area contributed by atoms with Crippen LogP contribution in [0.4, 0.5) is 0 Å². The van der Waals surface area contributed by atoms with Gasteiger partial charge in [-0.05, 0) is 69.0 Å². The number of ether oxygens (including phenoxy) is 2. The van der Waals surface area contributed by atoms with Gasteiger partial charge in [0.05, 0.1) is 32.1 Å². The maximum atomic E-state index is 13.2. The Hall–Kier alpha value is -2.48. The molecular weight excluding hydrogens is 440 g/mol. The molecule has 0 aliphatic carbocycles. The van der Waals surface area contributed by atoms with Crippen LogP contribution in [-0.2, 0) is 22.5 Å². The number of morpholine rings is 1. The number of hydrogen-bond donors (Lipinski definition) is 0. The highest BCUT2D eigenvalue weighted by Gasteiger charge is 2.34. The van der Waals surface area contributed by atoms with Crippen LogP contribution in [0.2, 0.25) is 0 Å². The average Bonchev–Trinajstić information content (AvgIpc) is 2.92. The van der Waals surface area contributed by atoms with Gasteiger partial charge in [0.1, 0.15) is 5.75 Å². The fourth-order valence-electron chi connectivity index (χ4n) is 5.48. The van der Waals surface area contributed by atoms with Gasteiger partial charge in [-0.15, -0.1) is 0 Å². The molecular formula is C28H40N4O3. The number of methoxy groups -OCH3 is 1. The Morgan fingerprint density at radius 2 is 1.91 bits per heavy atom. The zero-order valence-corrected chi connectivity index (χ0v) is 21.4. The molecule has 0 bridgehead atoms. The Labute approximate surface area is 210 Å². The Morgan fingerprint density at radius 1 is 1.14 bits per heavy atom. The molecule has 1 aromatic carbocycles. The van der Waals surface area contributed by atoms with Gasteiger partial charge in [0.25, 0.3) is 0 Å². The highest BCUT2D eigenvalue weighted by atomic mass is 16.5. The van der Waals surface area contributed by atoms with E-state index in [0.717, 1.165) is 63.4 Å². The first-order valence-electron chi connectivity index (χ1n) is 12.9. The van der Waals surface area contributed by atoms with E-state index in [1.807, 2.05) is 31.3 Å². The minimum atomic E-state index is -0.0742. The molecule has 2 saturated heterocycles. The Kier molecular flexibility index (Phi) is 9.12. The maximum absolute atomic E-state index is 13.2. The molecule has 2 aromatic rings. The van der Waals surface area contributed by atoms with Crippen LogP contribution in [0.25, 0.3) is 0 Å². The Balaban J connectivity index is 1.42. The van der Waals surface area contributed by atoms with E-state index in [1.165, 1.54) is 5.56 Å². The summed E-state index contributed by atoms with van der Waals surface area (Å²) in [5.41, 5.74) is 2.36.